The first-order chi connectivity index (χ1) is 66.1. The number of aromatic nitrogens is 9. The molecule has 23 rings (SSSR count). The van der Waals surface area contributed by atoms with Gasteiger partial charge in [-0.05, 0) is 190 Å². The topological polar surface area (TPSA) is 294 Å². The summed E-state index contributed by atoms with van der Waals surface area (Å²) in [7, 11) is -4.67. The molecule has 4 saturated heterocycles. The predicted molar refractivity (Wildman–Crippen MR) is 533 cm³/mol. The number of aryl methyl sites for hydroxylation is 5. The molecule has 34 heteroatoms. The van der Waals surface area contributed by atoms with E-state index in [2.05, 4.69) is 124 Å². The summed E-state index contributed by atoms with van der Waals surface area (Å²) in [6.07, 6.45) is 15.9. The number of halogens is 5. The second-order valence-corrected chi connectivity index (χ2v) is 41.2. The van der Waals surface area contributed by atoms with Gasteiger partial charge in [-0.1, -0.05) is 99.6 Å². The van der Waals surface area contributed by atoms with Crippen molar-refractivity contribution in [1.82, 2.24) is 50.2 Å². The quantitative estimate of drug-likeness (QED) is 0.0349. The lowest BCUT2D eigenvalue weighted by atomic mass is 9.79. The Morgan fingerprint density at radius 3 is 1.23 bits per heavy atom. The highest BCUT2D eigenvalue weighted by Gasteiger charge is 2.46. The molecule has 0 radical (unpaired) electrons. The molecule has 2 spiro atoms. The summed E-state index contributed by atoms with van der Waals surface area (Å²) in [6.45, 7) is 16.4. The highest BCUT2D eigenvalue weighted by molar-refractivity contribution is 7.86. The fourth-order valence-electron chi connectivity index (χ4n) is 20.0. The van der Waals surface area contributed by atoms with Gasteiger partial charge in [0.2, 0.25) is 23.8 Å². The molecule has 8 N–H and O–H groups in total. The molecular formula is C103H103F5N20O5S4. The van der Waals surface area contributed by atoms with Crippen LogP contribution in [0.5, 0.6) is 0 Å². The molecule has 4 atom stereocenters. The highest BCUT2D eigenvalue weighted by Crippen LogP contribution is 2.49. The van der Waals surface area contributed by atoms with Crippen LogP contribution in [0.15, 0.2) is 233 Å². The van der Waals surface area contributed by atoms with E-state index in [0.717, 1.165) is 159 Å². The number of piperidine rings is 4. The maximum atomic E-state index is 14.0. The number of hydrogen-bond donors (Lipinski definition) is 8. The molecule has 0 saturated carbocycles. The summed E-state index contributed by atoms with van der Waals surface area (Å²) in [5.41, 5.74) is 15.0. The van der Waals surface area contributed by atoms with E-state index in [4.69, 9.17) is 51.0 Å². The summed E-state index contributed by atoms with van der Waals surface area (Å²) < 4.78 is 126. The van der Waals surface area contributed by atoms with Crippen LogP contribution < -0.4 is 56.8 Å². The number of anilines is 14. The Labute approximate surface area is 801 Å². The van der Waals surface area contributed by atoms with Crippen LogP contribution in [0.2, 0.25) is 0 Å². The normalized spacial score (nSPS) is 19.1. The molecule has 0 amide bonds. The minimum absolute atomic E-state index is 0. The lowest BCUT2D eigenvalue weighted by Crippen LogP contribution is -2.54. The van der Waals surface area contributed by atoms with Gasteiger partial charge in [0.15, 0.2) is 29.2 Å². The van der Waals surface area contributed by atoms with Crippen molar-refractivity contribution in [2.24, 2.45) is 0 Å². The van der Waals surface area contributed by atoms with Crippen molar-refractivity contribution in [3.05, 3.63) is 298 Å². The molecule has 10 aliphatic heterocycles. The van der Waals surface area contributed by atoms with Crippen LogP contribution in [0.3, 0.4) is 0 Å². The minimum atomic E-state index is -1.18. The Morgan fingerprint density at radius 2 is 0.825 bits per heavy atom. The van der Waals surface area contributed by atoms with Crippen molar-refractivity contribution in [1.29, 1.82) is 0 Å². The average Bonchev–Trinajstić information content (AvgIpc) is 1.75. The average molecular weight is 1920 g/mol. The van der Waals surface area contributed by atoms with Gasteiger partial charge in [0, 0.05) is 181 Å². The second-order valence-electron chi connectivity index (χ2n) is 35.2. The van der Waals surface area contributed by atoms with E-state index >= 15 is 0 Å². The number of nitrogens with zero attached hydrogens (tertiary/aromatic N) is 12. The first-order valence-corrected chi connectivity index (χ1v) is 51.1. The van der Waals surface area contributed by atoms with Crippen LogP contribution in [-0.4, -0.2) is 137 Å². The molecule has 13 aromatic rings. The Hall–Kier alpha value is -13.5. The Balaban J connectivity index is 0.000000117. The van der Waals surface area contributed by atoms with Crippen molar-refractivity contribution in [2.75, 3.05) is 127 Å². The molecule has 5 aromatic heterocycles. The van der Waals surface area contributed by atoms with Gasteiger partial charge >= 0.3 is 0 Å². The molecule has 10 aliphatic rings. The number of H-pyrrole nitrogens is 1. The molecule has 4 unspecified atom stereocenters. The van der Waals surface area contributed by atoms with Crippen molar-refractivity contribution in [3.63, 3.8) is 0 Å². The van der Waals surface area contributed by atoms with E-state index in [1.807, 2.05) is 42.5 Å². The number of rotatable bonds is 15. The summed E-state index contributed by atoms with van der Waals surface area (Å²) in [4.78, 5) is 52.8. The fraction of sp³-hybridized carbons (Fsp3) is 0.301. The van der Waals surface area contributed by atoms with Crippen molar-refractivity contribution in [2.45, 2.75) is 140 Å². The highest BCUT2D eigenvalue weighted by atomic mass is 32.2. The summed E-state index contributed by atoms with van der Waals surface area (Å²) >= 11 is 0. The lowest BCUT2D eigenvalue weighted by molar-refractivity contribution is -0.0257. The maximum absolute atomic E-state index is 14.0. The predicted octanol–water partition coefficient (Wildman–Crippen LogP) is 19.1. The second kappa shape index (κ2) is 39.7. The van der Waals surface area contributed by atoms with Crippen molar-refractivity contribution < 1.29 is 43.5 Å². The van der Waals surface area contributed by atoms with E-state index in [1.54, 1.807) is 54.6 Å². The van der Waals surface area contributed by atoms with E-state index < -0.39 is 48.8 Å². The Bertz CT molecular complexity index is 6770. The Kier molecular flexibility index (Phi) is 26.8. The number of ether oxygens (including phenoxy) is 1. The van der Waals surface area contributed by atoms with Crippen molar-refractivity contribution in [3.8, 4) is 12.3 Å². The number of aromatic amines is 1. The van der Waals surface area contributed by atoms with Gasteiger partial charge in [-0.15, -0.1) is 6.42 Å². The maximum Gasteiger partial charge on any atom is 0.227 e. The van der Waals surface area contributed by atoms with Gasteiger partial charge in [-0.2, -0.15) is 19.9 Å². The van der Waals surface area contributed by atoms with Crippen LogP contribution in [0, 0.1) is 41.4 Å². The third kappa shape index (κ3) is 19.6. The van der Waals surface area contributed by atoms with Gasteiger partial charge in [0.25, 0.3) is 0 Å². The Morgan fingerprint density at radius 1 is 0.445 bits per heavy atom. The van der Waals surface area contributed by atoms with Crippen LogP contribution >= 0.6 is 0 Å². The van der Waals surface area contributed by atoms with Crippen LogP contribution in [0.1, 0.15) is 134 Å². The summed E-state index contributed by atoms with van der Waals surface area (Å²) in [6, 6.07) is 54.5. The smallest absolute Gasteiger partial charge is 0.227 e. The van der Waals surface area contributed by atoms with E-state index in [-0.39, 0.29) is 42.1 Å². The molecule has 0 bridgehead atoms. The number of nitrogens with one attached hydrogen (secondary N) is 8. The van der Waals surface area contributed by atoms with Gasteiger partial charge < -0.3 is 66.5 Å². The molecule has 704 valence electrons. The standard InChI is InChI=1S/C27H27F2N5OS.C25H25FN6OS.C25H24FN5O2S.C25H23FN4OS.CH4/c1-2-21-24(20-15-18(29)6-7-22(20)31-21)16-8-11-34(12-9-16)27-32-23-10-13-36(35)25(23)26(33-27)30-19-5-3-4-17(28)14-19;1-16-27-20-8-3-2-7-19(20)25(31-16)10-12-32(13-11-25)24-29-21-9-14-34(33)22(21)23(30-24)28-18-6-4-5-17(26)15-18;1-16-27-20-8-3-2-7-19(20)25(33-16)10-12-31(13-11-25)24-29-21-9-14-34(32)22(21)23(30-24)28-18-6-4-5-17(26)15-18;1-2-17-6-8-18(9-7-17)19-10-13-30(14-11-19)25-28-22-12-15-32(31)23(22)24(29-25)27-21-5-3-4-20(26)16-21;/h3-7,14-16,31H,2,8-13H2,1H3,(H,30,32,33);2-8,15,27,31H,1,9-14H2,(H,28,29,30);2-8,15,27H,1,9-14H2,(H,28,29,30);1,3-9,16,19H,10-15H2,(H,27,28,29);1H4. The summed E-state index contributed by atoms with van der Waals surface area (Å²) in [5, 5.41) is 23.8. The molecular weight excluding hydrogens is 1820 g/mol. The van der Waals surface area contributed by atoms with Gasteiger partial charge in [-0.3, -0.25) is 16.8 Å². The number of para-hydroxylation sites is 2. The molecule has 4 fully saturated rings. The van der Waals surface area contributed by atoms with Gasteiger partial charge in [0.05, 0.1) is 77.3 Å². The number of fused-ring (bicyclic) bond motifs is 9. The molecule has 8 aromatic carbocycles. The van der Waals surface area contributed by atoms with Gasteiger partial charge in [0.1, 0.15) is 54.3 Å². The van der Waals surface area contributed by atoms with E-state index in [1.165, 1.54) is 77.0 Å². The first kappa shape index (κ1) is 92.6. The van der Waals surface area contributed by atoms with E-state index in [9.17, 15) is 38.8 Å². The monoisotopic (exact) mass is 1920 g/mol. The largest absolute Gasteiger partial charge is 0.468 e. The third-order valence-corrected chi connectivity index (χ3v) is 32.5. The molecule has 15 heterocycles. The van der Waals surface area contributed by atoms with Crippen molar-refractivity contribution >= 4 is 135 Å². The van der Waals surface area contributed by atoms with Crippen LogP contribution in [-0.2, 0) is 91.2 Å². The van der Waals surface area contributed by atoms with Gasteiger partial charge in [-0.25, -0.2) is 41.9 Å². The molecule has 25 nitrogen and oxygen atoms in total. The number of hydrogen-bond acceptors (Lipinski definition) is 24. The van der Waals surface area contributed by atoms with Crippen LogP contribution in [0.25, 0.3) is 10.9 Å². The fourth-order valence-corrected chi connectivity index (χ4v) is 25.2. The first-order valence-electron chi connectivity index (χ1n) is 45.8. The van der Waals surface area contributed by atoms with E-state index in [0.29, 0.717) is 169 Å². The SMILES string of the molecule is C.C#Cc1ccc(C2CCN(c3nc4c(c(Nc5cccc(F)c5)n3)S(=O)CC4)CC2)cc1.C=C1Nc2ccccc2C2(CCN(c3nc4c(c(Nc5cccc(F)c5)n3)S(=O)CC4)CC2)N1.C=C1Nc2ccccc2C2(CCN(c3nc4c(c(Nc5cccc(F)c5)n3)S(=O)CC4)CC2)O1.CCc1[nH]c2ccc(F)cc2c1C1CCN(c2nc3c(c(Nc4cccc(F)c4)n2)S(=O)CC3)CC1. The number of benzene rings is 8. The zero-order valence-electron chi connectivity index (χ0n) is 74.7. The molecule has 0 aliphatic carbocycles. The zero-order chi connectivity index (χ0) is 93.5. The minimum Gasteiger partial charge on any atom is -0.468 e. The zero-order valence-corrected chi connectivity index (χ0v) is 77.9. The number of terminal acetylenes is 1. The van der Waals surface area contributed by atoms with Crippen LogP contribution in [0.4, 0.5) is 103 Å². The third-order valence-electron chi connectivity index (χ3n) is 26.7. The molecule has 137 heavy (non-hydrogen) atoms. The summed E-state index contributed by atoms with van der Waals surface area (Å²) in [5.74, 6) is 9.79. The lowest BCUT2D eigenvalue weighted by Gasteiger charge is -2.47.